The maximum atomic E-state index is 12.4. The molecule has 6 heteroatoms. The van der Waals surface area contributed by atoms with Crippen LogP contribution in [0, 0.1) is 0 Å². The molecule has 0 saturated carbocycles. The van der Waals surface area contributed by atoms with Gasteiger partial charge in [-0.2, -0.15) is 0 Å². The Kier molecular flexibility index (Phi) is 6.63. The number of likely N-dealkylation sites (N-methyl/N-ethyl adjacent to an activating group) is 1. The van der Waals surface area contributed by atoms with Crippen molar-refractivity contribution in [2.75, 3.05) is 33.1 Å². The van der Waals surface area contributed by atoms with Crippen LogP contribution >= 0.6 is 11.8 Å². The first-order valence-corrected chi connectivity index (χ1v) is 10.4. The first kappa shape index (κ1) is 19.6. The molecule has 0 aromatic heterocycles. The first-order chi connectivity index (χ1) is 13.0. The van der Waals surface area contributed by atoms with E-state index in [4.69, 9.17) is 9.47 Å². The summed E-state index contributed by atoms with van der Waals surface area (Å²) in [6.07, 6.45) is 2.07. The third-order valence-corrected chi connectivity index (χ3v) is 5.31. The van der Waals surface area contributed by atoms with E-state index in [9.17, 15) is 4.79 Å². The van der Waals surface area contributed by atoms with Crippen molar-refractivity contribution in [1.82, 2.24) is 5.32 Å². The lowest BCUT2D eigenvalue weighted by Gasteiger charge is -2.21. The number of benzene rings is 2. The molecule has 5 nitrogen and oxygen atoms in total. The van der Waals surface area contributed by atoms with Crippen molar-refractivity contribution < 1.29 is 19.2 Å². The predicted molar refractivity (Wildman–Crippen MR) is 108 cm³/mol. The standard InChI is InChI=1S/C21H26N2O3S/c1-15(17-6-9-19-20(12-17)26-11-10-25-19)22-21(24)14-23(2)13-16-4-7-18(27-3)8-5-16/h4-9,12,15H,10-11,13-14H2,1-3H3,(H,22,24)/p+1/t15-/m1/s1. The van der Waals surface area contributed by atoms with Gasteiger partial charge in [0.05, 0.1) is 13.1 Å². The van der Waals surface area contributed by atoms with Crippen LogP contribution in [0.3, 0.4) is 0 Å². The fourth-order valence-electron chi connectivity index (χ4n) is 3.13. The second-order valence-electron chi connectivity index (χ2n) is 6.85. The van der Waals surface area contributed by atoms with Crippen LogP contribution in [-0.4, -0.2) is 39.0 Å². The van der Waals surface area contributed by atoms with Gasteiger partial charge in [0.2, 0.25) is 0 Å². The van der Waals surface area contributed by atoms with E-state index >= 15 is 0 Å². The summed E-state index contributed by atoms with van der Waals surface area (Å²) in [4.78, 5) is 14.8. The van der Waals surface area contributed by atoms with E-state index in [1.165, 1.54) is 10.5 Å². The van der Waals surface area contributed by atoms with Crippen molar-refractivity contribution in [1.29, 1.82) is 0 Å². The number of rotatable bonds is 7. The maximum Gasteiger partial charge on any atom is 0.275 e. The van der Waals surface area contributed by atoms with Gasteiger partial charge in [-0.25, -0.2) is 0 Å². The first-order valence-electron chi connectivity index (χ1n) is 9.18. The van der Waals surface area contributed by atoms with Gasteiger partial charge in [-0.05, 0) is 43.0 Å². The summed E-state index contributed by atoms with van der Waals surface area (Å²) < 4.78 is 11.2. The van der Waals surface area contributed by atoms with E-state index in [1.54, 1.807) is 11.8 Å². The summed E-state index contributed by atoms with van der Waals surface area (Å²) in [6, 6.07) is 14.3. The lowest BCUT2D eigenvalue weighted by Crippen LogP contribution is -3.08. The summed E-state index contributed by atoms with van der Waals surface area (Å²) in [7, 11) is 2.04. The molecular weight excluding hydrogens is 360 g/mol. The highest BCUT2D eigenvalue weighted by Gasteiger charge is 2.17. The molecule has 27 heavy (non-hydrogen) atoms. The van der Waals surface area contributed by atoms with E-state index in [0.29, 0.717) is 19.8 Å². The Labute approximate surface area is 165 Å². The summed E-state index contributed by atoms with van der Waals surface area (Å²) in [6.45, 7) is 4.37. The Balaban J connectivity index is 1.51. The van der Waals surface area contributed by atoms with Gasteiger partial charge >= 0.3 is 0 Å². The minimum absolute atomic E-state index is 0.0376. The average molecular weight is 388 g/mol. The van der Waals surface area contributed by atoms with Gasteiger partial charge in [0.25, 0.3) is 5.91 Å². The molecule has 144 valence electrons. The Morgan fingerprint density at radius 3 is 2.56 bits per heavy atom. The Morgan fingerprint density at radius 2 is 1.85 bits per heavy atom. The van der Waals surface area contributed by atoms with E-state index in [2.05, 4.69) is 35.8 Å². The van der Waals surface area contributed by atoms with Crippen LogP contribution < -0.4 is 19.7 Å². The van der Waals surface area contributed by atoms with Crippen LogP contribution in [0.1, 0.15) is 24.1 Å². The van der Waals surface area contributed by atoms with E-state index in [-0.39, 0.29) is 11.9 Å². The number of hydrogen-bond acceptors (Lipinski definition) is 4. The Morgan fingerprint density at radius 1 is 1.15 bits per heavy atom. The third kappa shape index (κ3) is 5.40. The molecule has 1 unspecified atom stereocenters. The van der Waals surface area contributed by atoms with Crippen LogP contribution in [0.5, 0.6) is 11.5 Å². The van der Waals surface area contributed by atoms with Crippen LogP contribution in [0.25, 0.3) is 0 Å². The number of carbonyl (C=O) groups is 1. The SMILES string of the molecule is CSc1ccc(C[NH+](C)CC(=O)N[C@H](C)c2ccc3c(c2)OCCO3)cc1. The highest BCUT2D eigenvalue weighted by atomic mass is 32.2. The van der Waals surface area contributed by atoms with Crippen LogP contribution in [-0.2, 0) is 11.3 Å². The maximum absolute atomic E-state index is 12.4. The number of thioether (sulfide) groups is 1. The molecule has 0 bridgehead atoms. The van der Waals surface area contributed by atoms with Crippen molar-refractivity contribution in [3.05, 3.63) is 53.6 Å². The third-order valence-electron chi connectivity index (χ3n) is 4.57. The van der Waals surface area contributed by atoms with Crippen molar-refractivity contribution in [3.8, 4) is 11.5 Å². The quantitative estimate of drug-likeness (QED) is 0.715. The molecule has 3 rings (SSSR count). The molecule has 0 radical (unpaired) electrons. The van der Waals surface area contributed by atoms with Crippen molar-refractivity contribution in [2.45, 2.75) is 24.4 Å². The van der Waals surface area contributed by atoms with Crippen molar-refractivity contribution in [2.24, 2.45) is 0 Å². The number of fused-ring (bicyclic) bond motifs is 1. The van der Waals surface area contributed by atoms with Crippen LogP contribution in [0.4, 0.5) is 0 Å². The van der Waals surface area contributed by atoms with Gasteiger partial charge < -0.3 is 19.7 Å². The summed E-state index contributed by atoms with van der Waals surface area (Å²) in [5.74, 6) is 1.55. The second-order valence-corrected chi connectivity index (χ2v) is 7.73. The minimum atomic E-state index is -0.0815. The summed E-state index contributed by atoms with van der Waals surface area (Å²) in [5.41, 5.74) is 2.25. The zero-order valence-electron chi connectivity index (χ0n) is 16.1. The number of ether oxygens (including phenoxy) is 2. The lowest BCUT2D eigenvalue weighted by atomic mass is 10.1. The number of carbonyl (C=O) groups excluding carboxylic acids is 1. The Hall–Kier alpha value is -2.18. The molecule has 1 aliphatic rings. The molecule has 1 aliphatic heterocycles. The number of quaternary nitrogens is 1. The van der Waals surface area contributed by atoms with Gasteiger partial charge in [-0.3, -0.25) is 4.79 Å². The molecule has 2 N–H and O–H groups in total. The highest BCUT2D eigenvalue weighted by Crippen LogP contribution is 2.32. The van der Waals surface area contributed by atoms with Gasteiger partial charge in [0.15, 0.2) is 18.0 Å². The molecule has 1 amide bonds. The molecule has 2 aromatic rings. The molecule has 0 spiro atoms. The number of amides is 1. The lowest BCUT2D eigenvalue weighted by molar-refractivity contribution is -0.885. The van der Waals surface area contributed by atoms with Crippen molar-refractivity contribution >= 4 is 17.7 Å². The number of hydrogen-bond donors (Lipinski definition) is 2. The van der Waals surface area contributed by atoms with Gasteiger partial charge in [0, 0.05) is 10.5 Å². The topological polar surface area (TPSA) is 52.0 Å². The monoisotopic (exact) mass is 387 g/mol. The predicted octanol–water partition coefficient (Wildman–Crippen LogP) is 2.07. The van der Waals surface area contributed by atoms with Crippen LogP contribution in [0.2, 0.25) is 0 Å². The van der Waals surface area contributed by atoms with Crippen molar-refractivity contribution in [3.63, 3.8) is 0 Å². The molecule has 2 aromatic carbocycles. The van der Waals surface area contributed by atoms with Crippen LogP contribution in [0.15, 0.2) is 47.4 Å². The van der Waals surface area contributed by atoms with Gasteiger partial charge in [-0.15, -0.1) is 11.8 Å². The normalized spacial score (nSPS) is 15.1. The molecule has 0 aliphatic carbocycles. The summed E-state index contributed by atoms with van der Waals surface area (Å²) in [5, 5.41) is 3.08. The van der Waals surface area contributed by atoms with E-state index in [0.717, 1.165) is 28.5 Å². The van der Waals surface area contributed by atoms with E-state index < -0.39 is 0 Å². The zero-order valence-corrected chi connectivity index (χ0v) is 16.9. The number of nitrogens with one attached hydrogen (secondary N) is 2. The molecular formula is C21H27N2O3S+. The second kappa shape index (κ2) is 9.15. The molecule has 1 heterocycles. The van der Waals surface area contributed by atoms with Gasteiger partial charge in [0.1, 0.15) is 19.8 Å². The fourth-order valence-corrected chi connectivity index (χ4v) is 3.54. The van der Waals surface area contributed by atoms with E-state index in [1.807, 2.05) is 32.2 Å². The highest BCUT2D eigenvalue weighted by molar-refractivity contribution is 7.98. The average Bonchev–Trinajstić information content (AvgIpc) is 2.68. The minimum Gasteiger partial charge on any atom is -0.486 e. The molecule has 2 atom stereocenters. The Bertz CT molecular complexity index is 779. The smallest absolute Gasteiger partial charge is 0.275 e. The molecule has 0 saturated heterocycles. The summed E-state index contributed by atoms with van der Waals surface area (Å²) >= 11 is 1.73. The largest absolute Gasteiger partial charge is 0.486 e. The van der Waals surface area contributed by atoms with Gasteiger partial charge in [-0.1, -0.05) is 18.2 Å². The zero-order chi connectivity index (χ0) is 19.2. The fraction of sp³-hybridized carbons (Fsp3) is 0.381. The molecule has 0 fully saturated rings.